The Labute approximate surface area is 155 Å². The van der Waals surface area contributed by atoms with Crippen LogP contribution in [0.15, 0.2) is 60.4 Å². The highest BCUT2D eigenvalue weighted by molar-refractivity contribution is 5.37. The molecule has 0 radical (unpaired) electrons. The van der Waals surface area contributed by atoms with E-state index in [9.17, 15) is 0 Å². The Morgan fingerprint density at radius 2 is 2.00 bits per heavy atom. The second-order valence-corrected chi connectivity index (χ2v) is 6.63. The molecule has 136 valence electrons. The fourth-order valence-corrected chi connectivity index (χ4v) is 3.07. The summed E-state index contributed by atoms with van der Waals surface area (Å²) in [5.41, 5.74) is 1.56. The molecule has 1 fully saturated rings. The van der Waals surface area contributed by atoms with Gasteiger partial charge in [-0.25, -0.2) is 0 Å². The van der Waals surface area contributed by atoms with Crippen LogP contribution < -0.4 is 4.74 Å². The first kappa shape index (κ1) is 18.4. The number of ether oxygens (including phenoxy) is 3. The van der Waals surface area contributed by atoms with Gasteiger partial charge in [-0.1, -0.05) is 18.7 Å². The van der Waals surface area contributed by atoms with Crippen molar-refractivity contribution in [3.8, 4) is 11.8 Å². The van der Waals surface area contributed by atoms with E-state index >= 15 is 0 Å². The lowest BCUT2D eigenvalue weighted by molar-refractivity contribution is -0.188. The van der Waals surface area contributed by atoms with Crippen molar-refractivity contribution in [1.29, 1.82) is 5.26 Å². The molecule has 1 aliphatic heterocycles. The third kappa shape index (κ3) is 5.32. The van der Waals surface area contributed by atoms with E-state index in [-0.39, 0.29) is 12.4 Å². The van der Waals surface area contributed by atoms with Gasteiger partial charge >= 0.3 is 0 Å². The minimum atomic E-state index is -0.0708. The maximum Gasteiger partial charge on any atom is 0.157 e. The average Bonchev–Trinajstić information content (AvgIpc) is 2.76. The number of nitrogens with zero attached hydrogens (tertiary/aromatic N) is 1. The molecule has 2 aliphatic rings. The first-order chi connectivity index (χ1) is 12.7. The molecule has 1 aromatic rings. The van der Waals surface area contributed by atoms with Gasteiger partial charge in [0, 0.05) is 6.61 Å². The molecule has 0 saturated carbocycles. The zero-order valence-corrected chi connectivity index (χ0v) is 15.0. The van der Waals surface area contributed by atoms with Crippen LogP contribution in [0.1, 0.15) is 44.1 Å². The summed E-state index contributed by atoms with van der Waals surface area (Å²) in [6, 6.07) is 9.21. The summed E-state index contributed by atoms with van der Waals surface area (Å²) in [7, 11) is 0. The summed E-state index contributed by atoms with van der Waals surface area (Å²) < 4.78 is 17.8. The maximum atomic E-state index is 8.89. The zero-order chi connectivity index (χ0) is 18.2. The Balaban J connectivity index is 1.58. The molecule has 1 saturated heterocycles. The first-order valence-electron chi connectivity index (χ1n) is 9.24. The van der Waals surface area contributed by atoms with Gasteiger partial charge in [-0.2, -0.15) is 5.26 Å². The third-order valence-electron chi connectivity index (χ3n) is 4.59. The van der Waals surface area contributed by atoms with Crippen molar-refractivity contribution in [3.63, 3.8) is 0 Å². The Morgan fingerprint density at radius 1 is 1.15 bits per heavy atom. The molecular weight excluding hydrogens is 326 g/mol. The first-order valence-corrected chi connectivity index (χ1v) is 9.24. The van der Waals surface area contributed by atoms with Crippen molar-refractivity contribution in [2.24, 2.45) is 0 Å². The summed E-state index contributed by atoms with van der Waals surface area (Å²) >= 11 is 0. The molecule has 4 nitrogen and oxygen atoms in total. The van der Waals surface area contributed by atoms with Gasteiger partial charge in [0.05, 0.1) is 17.7 Å². The molecule has 0 bridgehead atoms. The van der Waals surface area contributed by atoms with Crippen LogP contribution in [-0.4, -0.2) is 19.0 Å². The highest BCUT2D eigenvalue weighted by Crippen LogP contribution is 2.26. The van der Waals surface area contributed by atoms with Crippen LogP contribution in [0.25, 0.3) is 0 Å². The van der Waals surface area contributed by atoms with Crippen molar-refractivity contribution in [1.82, 2.24) is 0 Å². The van der Waals surface area contributed by atoms with Gasteiger partial charge in [-0.05, 0) is 74.4 Å². The highest BCUT2D eigenvalue weighted by atomic mass is 16.7. The highest BCUT2D eigenvalue weighted by Gasteiger charge is 2.20. The fourth-order valence-electron chi connectivity index (χ4n) is 3.07. The van der Waals surface area contributed by atoms with Gasteiger partial charge in [-0.15, -0.1) is 0 Å². The van der Waals surface area contributed by atoms with E-state index in [0.717, 1.165) is 50.0 Å². The van der Waals surface area contributed by atoms with Gasteiger partial charge < -0.3 is 14.2 Å². The van der Waals surface area contributed by atoms with Crippen molar-refractivity contribution in [3.05, 3.63) is 66.0 Å². The number of hydrogen-bond donors (Lipinski definition) is 0. The molecule has 0 amide bonds. The van der Waals surface area contributed by atoms with Crippen LogP contribution in [0.4, 0.5) is 0 Å². The molecule has 1 unspecified atom stereocenters. The number of hydrogen-bond acceptors (Lipinski definition) is 4. The molecule has 0 aromatic heterocycles. The molecule has 1 heterocycles. The van der Waals surface area contributed by atoms with Crippen molar-refractivity contribution < 1.29 is 14.2 Å². The second kappa shape index (κ2) is 9.38. The van der Waals surface area contributed by atoms with Crippen LogP contribution >= 0.6 is 0 Å². The fraction of sp³-hybridized carbons (Fsp3) is 0.409. The molecule has 4 heteroatoms. The smallest absolute Gasteiger partial charge is 0.157 e. The Hall–Kier alpha value is -2.35. The quantitative estimate of drug-likeness (QED) is 0.763. The largest absolute Gasteiger partial charge is 0.457 e. The van der Waals surface area contributed by atoms with E-state index in [4.69, 9.17) is 19.5 Å². The molecule has 2 atom stereocenters. The normalized spacial score (nSPS) is 25.2. The molecule has 1 aliphatic carbocycles. The minimum Gasteiger partial charge on any atom is -0.457 e. The monoisotopic (exact) mass is 351 g/mol. The van der Waals surface area contributed by atoms with E-state index in [0.29, 0.717) is 11.3 Å². The lowest BCUT2D eigenvalue weighted by atomic mass is 10.1. The Bertz CT molecular complexity index is 706. The predicted molar refractivity (Wildman–Crippen MR) is 100 cm³/mol. The van der Waals surface area contributed by atoms with Crippen LogP contribution in [-0.2, 0) is 9.47 Å². The number of allylic oxidation sites excluding steroid dienone is 3. The van der Waals surface area contributed by atoms with E-state index in [1.54, 1.807) is 24.3 Å². The van der Waals surface area contributed by atoms with Crippen LogP contribution in [0.2, 0.25) is 0 Å². The molecular formula is C22H25NO3. The molecule has 26 heavy (non-hydrogen) atoms. The molecule has 0 spiro atoms. The van der Waals surface area contributed by atoms with Crippen LogP contribution in [0, 0.1) is 11.3 Å². The van der Waals surface area contributed by atoms with Gasteiger partial charge in [0.15, 0.2) is 6.29 Å². The SMILES string of the molecule is C=C1CC[C@H](OC2CCCCO2)C/C=C\C=C1Oc1ccc(C#N)cc1. The van der Waals surface area contributed by atoms with Crippen molar-refractivity contribution >= 4 is 0 Å². The van der Waals surface area contributed by atoms with Gasteiger partial charge in [-0.3, -0.25) is 0 Å². The lowest BCUT2D eigenvalue weighted by Gasteiger charge is -2.27. The average molecular weight is 351 g/mol. The summed E-state index contributed by atoms with van der Waals surface area (Å²) in [4.78, 5) is 0. The Kier molecular flexibility index (Phi) is 6.65. The lowest BCUT2D eigenvalue weighted by Crippen LogP contribution is -2.27. The van der Waals surface area contributed by atoms with E-state index in [2.05, 4.69) is 18.7 Å². The minimum absolute atomic E-state index is 0.0708. The summed E-state index contributed by atoms with van der Waals surface area (Å²) in [6.45, 7) is 4.98. The second-order valence-electron chi connectivity index (χ2n) is 6.63. The summed E-state index contributed by atoms with van der Waals surface area (Å²) in [5, 5.41) is 8.89. The van der Waals surface area contributed by atoms with Crippen LogP contribution in [0.5, 0.6) is 5.75 Å². The predicted octanol–water partition coefficient (Wildman–Crippen LogP) is 5.03. The standard InChI is InChI=1S/C22H25NO3/c1-17-9-12-19(26-22-8-4-5-15-24-22)6-2-3-7-21(17)25-20-13-10-18(16-23)11-14-20/h2-3,7,10-11,13-14,19,22H,1,4-6,8-9,12,15H2/b3-2-,21-7?/t19-,22?/m1/s1. The molecule has 0 N–H and O–H groups in total. The number of rotatable bonds is 4. The van der Waals surface area contributed by atoms with E-state index in [1.807, 2.05) is 12.2 Å². The molecule has 1 aromatic carbocycles. The zero-order valence-electron chi connectivity index (χ0n) is 15.0. The van der Waals surface area contributed by atoms with Crippen molar-refractivity contribution in [2.45, 2.75) is 50.9 Å². The molecule has 3 rings (SSSR count). The van der Waals surface area contributed by atoms with Gasteiger partial charge in [0.25, 0.3) is 0 Å². The van der Waals surface area contributed by atoms with E-state index in [1.165, 1.54) is 6.42 Å². The van der Waals surface area contributed by atoms with Crippen molar-refractivity contribution in [2.75, 3.05) is 6.61 Å². The van der Waals surface area contributed by atoms with Gasteiger partial charge in [0.2, 0.25) is 0 Å². The summed E-state index contributed by atoms with van der Waals surface area (Å²) in [6.07, 6.45) is 11.9. The number of nitriles is 1. The maximum absolute atomic E-state index is 8.89. The Morgan fingerprint density at radius 3 is 2.73 bits per heavy atom. The topological polar surface area (TPSA) is 51.5 Å². The van der Waals surface area contributed by atoms with Crippen LogP contribution in [0.3, 0.4) is 0 Å². The van der Waals surface area contributed by atoms with E-state index < -0.39 is 0 Å². The van der Waals surface area contributed by atoms with Gasteiger partial charge in [0.1, 0.15) is 11.5 Å². The number of benzene rings is 1. The third-order valence-corrected chi connectivity index (χ3v) is 4.59. The summed E-state index contributed by atoms with van der Waals surface area (Å²) in [5.74, 6) is 1.45.